The fourth-order valence-corrected chi connectivity index (χ4v) is 3.01. The highest BCUT2D eigenvalue weighted by molar-refractivity contribution is 9.10. The zero-order chi connectivity index (χ0) is 14.3. The van der Waals surface area contributed by atoms with Gasteiger partial charge in [0.15, 0.2) is 11.6 Å². The van der Waals surface area contributed by atoms with Crippen LogP contribution < -0.4 is 0 Å². The van der Waals surface area contributed by atoms with Gasteiger partial charge in [-0.25, -0.2) is 9.37 Å². The Morgan fingerprint density at radius 2 is 2.30 bits per heavy atom. The number of phenolic OH excluding ortho intramolecular Hbond substituents is 1. The molecule has 20 heavy (non-hydrogen) atoms. The summed E-state index contributed by atoms with van der Waals surface area (Å²) >= 11 is 3.46. The van der Waals surface area contributed by atoms with Gasteiger partial charge in [0.1, 0.15) is 10.4 Å². The number of hydrogen-bond donors (Lipinski definition) is 1. The number of fused-ring (bicyclic) bond motifs is 1. The quantitative estimate of drug-likeness (QED) is 0.867. The number of hydrogen-bond acceptors (Lipinski definition) is 3. The topological polar surface area (TPSA) is 47.3 Å². The zero-order valence-corrected chi connectivity index (χ0v) is 12.5. The maximum absolute atomic E-state index is 13.2. The van der Waals surface area contributed by atoms with Gasteiger partial charge in [0.05, 0.1) is 24.9 Å². The Morgan fingerprint density at radius 3 is 3.05 bits per heavy atom. The molecule has 1 unspecified atom stereocenters. The average Bonchev–Trinajstić information content (AvgIpc) is 2.59. The first-order chi connectivity index (χ1) is 9.56. The Morgan fingerprint density at radius 1 is 1.50 bits per heavy atom. The summed E-state index contributed by atoms with van der Waals surface area (Å²) in [7, 11) is 0. The van der Waals surface area contributed by atoms with E-state index in [0.29, 0.717) is 24.5 Å². The van der Waals surface area contributed by atoms with Gasteiger partial charge < -0.3 is 14.4 Å². The minimum absolute atomic E-state index is 0.0881. The fourth-order valence-electron chi connectivity index (χ4n) is 2.43. The number of phenols is 1. The van der Waals surface area contributed by atoms with Crippen LogP contribution in [0.15, 0.2) is 22.8 Å². The van der Waals surface area contributed by atoms with E-state index < -0.39 is 5.82 Å². The molecule has 1 N–H and O–H groups in total. The molecule has 106 valence electrons. The summed E-state index contributed by atoms with van der Waals surface area (Å²) in [5, 5.41) is 9.53. The molecule has 0 bridgehead atoms. The number of imidazole rings is 1. The highest BCUT2D eigenvalue weighted by atomic mass is 79.9. The monoisotopic (exact) mass is 340 g/mol. The standard InChI is InChI=1S/C14H14BrFN2O2/c1-8-7-18-11(4-5-20-8)13(15)17-14(18)9-2-3-10(16)12(19)6-9/h2-3,6,8,19H,4-5,7H2,1H3. The molecular formula is C14H14BrFN2O2. The van der Waals surface area contributed by atoms with E-state index in [2.05, 4.69) is 25.5 Å². The predicted octanol–water partition coefficient (Wildman–Crippen LogP) is 3.12. The molecule has 1 aliphatic heterocycles. The lowest BCUT2D eigenvalue weighted by Crippen LogP contribution is -2.14. The predicted molar refractivity (Wildman–Crippen MR) is 76.1 cm³/mol. The second-order valence-corrected chi connectivity index (χ2v) is 5.63. The van der Waals surface area contributed by atoms with Crippen LogP contribution in [0.4, 0.5) is 4.39 Å². The van der Waals surface area contributed by atoms with E-state index in [0.717, 1.165) is 16.7 Å². The lowest BCUT2D eigenvalue weighted by atomic mass is 10.2. The van der Waals surface area contributed by atoms with E-state index in [1.807, 2.05) is 6.92 Å². The maximum atomic E-state index is 13.2. The molecule has 0 spiro atoms. The minimum Gasteiger partial charge on any atom is -0.505 e. The van der Waals surface area contributed by atoms with Gasteiger partial charge in [-0.2, -0.15) is 0 Å². The molecule has 0 radical (unpaired) electrons. The first kappa shape index (κ1) is 13.6. The lowest BCUT2D eigenvalue weighted by molar-refractivity contribution is 0.0666. The number of rotatable bonds is 1. The van der Waals surface area contributed by atoms with Gasteiger partial charge in [0.25, 0.3) is 0 Å². The first-order valence-corrected chi connectivity index (χ1v) is 7.21. The number of aromatic nitrogens is 2. The maximum Gasteiger partial charge on any atom is 0.164 e. The fraction of sp³-hybridized carbons (Fsp3) is 0.357. The zero-order valence-electron chi connectivity index (χ0n) is 10.9. The summed E-state index contributed by atoms with van der Waals surface area (Å²) in [6.07, 6.45) is 0.857. The van der Waals surface area contributed by atoms with Crippen LogP contribution in [0.3, 0.4) is 0 Å². The molecule has 4 nitrogen and oxygen atoms in total. The third-order valence-corrected chi connectivity index (χ3v) is 4.04. The smallest absolute Gasteiger partial charge is 0.164 e. The Kier molecular flexibility index (Phi) is 3.52. The molecule has 2 heterocycles. The number of aromatic hydroxyl groups is 1. The number of halogens is 2. The van der Waals surface area contributed by atoms with E-state index >= 15 is 0 Å². The molecule has 6 heteroatoms. The molecular weight excluding hydrogens is 327 g/mol. The molecule has 1 atom stereocenters. The largest absolute Gasteiger partial charge is 0.505 e. The molecule has 0 aliphatic carbocycles. The van der Waals surface area contributed by atoms with Gasteiger partial charge in [-0.1, -0.05) is 0 Å². The van der Waals surface area contributed by atoms with E-state index in [-0.39, 0.29) is 11.9 Å². The van der Waals surface area contributed by atoms with Crippen molar-refractivity contribution in [3.05, 3.63) is 34.3 Å². The van der Waals surface area contributed by atoms with Gasteiger partial charge in [-0.05, 0) is 41.1 Å². The van der Waals surface area contributed by atoms with Crippen molar-refractivity contribution in [2.45, 2.75) is 26.0 Å². The molecule has 2 aromatic rings. The third kappa shape index (κ3) is 2.33. The molecule has 3 rings (SSSR count). The van der Waals surface area contributed by atoms with Crippen molar-refractivity contribution >= 4 is 15.9 Å². The van der Waals surface area contributed by atoms with Crippen LogP contribution in [0.1, 0.15) is 12.6 Å². The summed E-state index contributed by atoms with van der Waals surface area (Å²) < 4.78 is 21.7. The van der Waals surface area contributed by atoms with E-state index in [1.165, 1.54) is 12.1 Å². The number of benzene rings is 1. The lowest BCUT2D eigenvalue weighted by Gasteiger charge is -2.12. The van der Waals surface area contributed by atoms with Crippen LogP contribution in [0.25, 0.3) is 11.4 Å². The van der Waals surface area contributed by atoms with Crippen molar-refractivity contribution in [1.29, 1.82) is 0 Å². The van der Waals surface area contributed by atoms with Crippen LogP contribution in [-0.4, -0.2) is 27.4 Å². The summed E-state index contributed by atoms with van der Waals surface area (Å²) in [5.41, 5.74) is 1.75. The van der Waals surface area contributed by atoms with E-state index in [9.17, 15) is 9.50 Å². The van der Waals surface area contributed by atoms with E-state index in [1.54, 1.807) is 6.07 Å². The Bertz CT molecular complexity index is 657. The second-order valence-electron chi connectivity index (χ2n) is 4.88. The number of ether oxygens (including phenoxy) is 1. The van der Waals surface area contributed by atoms with Crippen LogP contribution in [0, 0.1) is 5.82 Å². The van der Waals surface area contributed by atoms with Gasteiger partial charge in [0.2, 0.25) is 0 Å². The SMILES string of the molecule is CC1Cn2c(-c3ccc(F)c(O)c3)nc(Br)c2CCO1. The highest BCUT2D eigenvalue weighted by Crippen LogP contribution is 2.30. The summed E-state index contributed by atoms with van der Waals surface area (Å²) in [6.45, 7) is 3.34. The van der Waals surface area contributed by atoms with Crippen molar-refractivity contribution in [2.24, 2.45) is 0 Å². The molecule has 0 saturated heterocycles. The molecule has 0 fully saturated rings. The van der Waals surface area contributed by atoms with Crippen LogP contribution in [-0.2, 0) is 17.7 Å². The third-order valence-electron chi connectivity index (χ3n) is 3.41. The van der Waals surface area contributed by atoms with Gasteiger partial charge in [0, 0.05) is 12.0 Å². The molecule has 1 aromatic carbocycles. The Hall–Kier alpha value is -1.40. The van der Waals surface area contributed by atoms with Gasteiger partial charge >= 0.3 is 0 Å². The number of nitrogens with zero attached hydrogens (tertiary/aromatic N) is 2. The molecule has 0 amide bonds. The first-order valence-electron chi connectivity index (χ1n) is 6.41. The molecule has 0 saturated carbocycles. The van der Waals surface area contributed by atoms with Crippen molar-refractivity contribution < 1.29 is 14.2 Å². The molecule has 1 aromatic heterocycles. The Balaban J connectivity index is 2.12. The van der Waals surface area contributed by atoms with Crippen molar-refractivity contribution in [2.75, 3.05) is 6.61 Å². The summed E-state index contributed by atoms with van der Waals surface area (Å²) in [6, 6.07) is 4.26. The Labute approximate surface area is 124 Å². The van der Waals surface area contributed by atoms with Crippen molar-refractivity contribution in [3.8, 4) is 17.1 Å². The summed E-state index contributed by atoms with van der Waals surface area (Å²) in [5.74, 6) is -0.291. The molecule has 1 aliphatic rings. The summed E-state index contributed by atoms with van der Waals surface area (Å²) in [4.78, 5) is 4.50. The van der Waals surface area contributed by atoms with Crippen LogP contribution >= 0.6 is 15.9 Å². The van der Waals surface area contributed by atoms with Crippen molar-refractivity contribution in [3.63, 3.8) is 0 Å². The van der Waals surface area contributed by atoms with E-state index in [4.69, 9.17) is 4.74 Å². The van der Waals surface area contributed by atoms with Crippen molar-refractivity contribution in [1.82, 2.24) is 9.55 Å². The highest BCUT2D eigenvalue weighted by Gasteiger charge is 2.22. The second kappa shape index (κ2) is 5.18. The normalized spacial score (nSPS) is 18.6. The minimum atomic E-state index is -0.632. The van der Waals surface area contributed by atoms with Gasteiger partial charge in [-0.3, -0.25) is 0 Å². The van der Waals surface area contributed by atoms with Gasteiger partial charge in [-0.15, -0.1) is 0 Å². The van der Waals surface area contributed by atoms with Crippen LogP contribution in [0.5, 0.6) is 5.75 Å². The van der Waals surface area contributed by atoms with Crippen LogP contribution in [0.2, 0.25) is 0 Å². The average molecular weight is 341 g/mol.